The van der Waals surface area contributed by atoms with E-state index in [0.717, 1.165) is 57.2 Å². The van der Waals surface area contributed by atoms with Crippen LogP contribution in [-0.4, -0.2) is 44.4 Å². The number of benzene rings is 1. The van der Waals surface area contributed by atoms with E-state index in [9.17, 15) is 0 Å². The van der Waals surface area contributed by atoms with E-state index in [0.29, 0.717) is 6.54 Å². The van der Waals surface area contributed by atoms with Gasteiger partial charge in [-0.2, -0.15) is 0 Å². The molecule has 1 aromatic rings. The van der Waals surface area contributed by atoms with Crippen LogP contribution in [0.15, 0.2) is 24.3 Å². The van der Waals surface area contributed by atoms with Gasteiger partial charge < -0.3 is 15.2 Å². The fraction of sp³-hybridized carbons (Fsp3) is 0.600. The zero-order valence-corrected chi connectivity index (χ0v) is 11.5. The van der Waals surface area contributed by atoms with E-state index in [2.05, 4.69) is 4.90 Å². The molecule has 0 amide bonds. The van der Waals surface area contributed by atoms with Gasteiger partial charge in [0.25, 0.3) is 0 Å². The summed E-state index contributed by atoms with van der Waals surface area (Å²) in [5, 5.41) is 0. The van der Waals surface area contributed by atoms with Crippen LogP contribution in [0.1, 0.15) is 18.4 Å². The molecule has 4 heteroatoms. The van der Waals surface area contributed by atoms with Crippen LogP contribution in [0.25, 0.3) is 0 Å². The number of ether oxygens (including phenoxy) is 2. The summed E-state index contributed by atoms with van der Waals surface area (Å²) < 4.78 is 11.0. The first-order valence-electron chi connectivity index (χ1n) is 7.10. The number of rotatable bonds is 7. The third kappa shape index (κ3) is 5.19. The van der Waals surface area contributed by atoms with Gasteiger partial charge in [0.2, 0.25) is 0 Å². The molecule has 1 saturated heterocycles. The molecule has 0 radical (unpaired) electrons. The summed E-state index contributed by atoms with van der Waals surface area (Å²) >= 11 is 0. The number of nitrogens with zero attached hydrogens (tertiary/aromatic N) is 1. The molecule has 1 fully saturated rings. The summed E-state index contributed by atoms with van der Waals surface area (Å²) in [5.41, 5.74) is 6.69. The Morgan fingerprint density at radius 1 is 1.11 bits per heavy atom. The Bertz CT molecular complexity index is 348. The Labute approximate surface area is 115 Å². The number of hydrogen-bond donors (Lipinski definition) is 1. The van der Waals surface area contributed by atoms with Gasteiger partial charge in [-0.15, -0.1) is 0 Å². The predicted molar refractivity (Wildman–Crippen MR) is 76.3 cm³/mol. The first kappa shape index (κ1) is 14.3. The molecule has 2 rings (SSSR count). The molecule has 0 atom stereocenters. The number of nitrogens with two attached hydrogens (primary N) is 1. The highest BCUT2D eigenvalue weighted by Crippen LogP contribution is 2.12. The molecule has 106 valence electrons. The Morgan fingerprint density at radius 2 is 1.84 bits per heavy atom. The fourth-order valence-electron chi connectivity index (χ4n) is 2.17. The topological polar surface area (TPSA) is 47.7 Å². The Morgan fingerprint density at radius 3 is 2.53 bits per heavy atom. The van der Waals surface area contributed by atoms with Crippen LogP contribution in [-0.2, 0) is 11.3 Å². The minimum absolute atomic E-state index is 0.583. The average Bonchev–Trinajstić information content (AvgIpc) is 2.49. The van der Waals surface area contributed by atoms with Crippen molar-refractivity contribution in [1.82, 2.24) is 4.90 Å². The van der Waals surface area contributed by atoms with Gasteiger partial charge in [-0.25, -0.2) is 0 Å². The summed E-state index contributed by atoms with van der Waals surface area (Å²) in [7, 11) is 0. The summed E-state index contributed by atoms with van der Waals surface area (Å²) in [6.07, 6.45) is 2.27. The largest absolute Gasteiger partial charge is 0.494 e. The lowest BCUT2D eigenvalue weighted by molar-refractivity contribution is 0.0368. The zero-order chi connectivity index (χ0) is 13.3. The third-order valence-electron chi connectivity index (χ3n) is 3.40. The van der Waals surface area contributed by atoms with Crippen LogP contribution in [0.5, 0.6) is 5.75 Å². The van der Waals surface area contributed by atoms with Gasteiger partial charge in [0.1, 0.15) is 5.75 Å². The van der Waals surface area contributed by atoms with Crippen LogP contribution < -0.4 is 10.5 Å². The monoisotopic (exact) mass is 264 g/mol. The molecular formula is C15H24N2O2. The van der Waals surface area contributed by atoms with Gasteiger partial charge >= 0.3 is 0 Å². The average molecular weight is 264 g/mol. The Balaban J connectivity index is 1.55. The van der Waals surface area contributed by atoms with Gasteiger partial charge in [0.15, 0.2) is 0 Å². The highest BCUT2D eigenvalue weighted by Gasteiger charge is 2.08. The van der Waals surface area contributed by atoms with Crippen molar-refractivity contribution in [2.24, 2.45) is 5.73 Å². The lowest BCUT2D eigenvalue weighted by atomic mass is 10.2. The third-order valence-corrected chi connectivity index (χ3v) is 3.40. The Hall–Kier alpha value is -1.10. The normalized spacial score (nSPS) is 16.5. The predicted octanol–water partition coefficient (Wildman–Crippen LogP) is 1.64. The molecule has 1 aliphatic rings. The van der Waals surface area contributed by atoms with Gasteiger partial charge in [0, 0.05) is 19.6 Å². The standard InChI is InChI=1S/C15H24N2O2/c16-13-14-3-5-15(6-4-14)19-10-2-1-7-17-8-11-18-12-9-17/h3-6H,1-2,7-13,16H2. The van der Waals surface area contributed by atoms with Gasteiger partial charge in [-0.1, -0.05) is 12.1 Å². The van der Waals surface area contributed by atoms with Crippen molar-refractivity contribution in [2.75, 3.05) is 39.5 Å². The molecule has 0 aromatic heterocycles. The molecule has 2 N–H and O–H groups in total. The summed E-state index contributed by atoms with van der Waals surface area (Å²) in [5.74, 6) is 0.934. The summed E-state index contributed by atoms with van der Waals surface area (Å²) in [4.78, 5) is 2.46. The van der Waals surface area contributed by atoms with Gasteiger partial charge in [-0.3, -0.25) is 4.90 Å². The molecule has 19 heavy (non-hydrogen) atoms. The molecule has 0 aliphatic carbocycles. The second-order valence-corrected chi connectivity index (χ2v) is 4.86. The van der Waals surface area contributed by atoms with Crippen LogP contribution in [0.3, 0.4) is 0 Å². The maximum atomic E-state index is 5.71. The van der Waals surface area contributed by atoms with Crippen molar-refractivity contribution in [3.63, 3.8) is 0 Å². The number of morpholine rings is 1. The van der Waals surface area contributed by atoms with Crippen LogP contribution >= 0.6 is 0 Å². The minimum Gasteiger partial charge on any atom is -0.494 e. The lowest BCUT2D eigenvalue weighted by Gasteiger charge is -2.26. The lowest BCUT2D eigenvalue weighted by Crippen LogP contribution is -2.36. The summed E-state index contributed by atoms with van der Waals surface area (Å²) in [6.45, 7) is 6.42. The van der Waals surface area contributed by atoms with E-state index in [1.807, 2.05) is 24.3 Å². The SMILES string of the molecule is NCc1ccc(OCCCCN2CCOCC2)cc1. The van der Waals surface area contributed by atoms with Gasteiger partial charge in [0.05, 0.1) is 19.8 Å². The second-order valence-electron chi connectivity index (χ2n) is 4.86. The van der Waals surface area contributed by atoms with E-state index in [4.69, 9.17) is 15.2 Å². The first-order chi connectivity index (χ1) is 9.38. The van der Waals surface area contributed by atoms with Crippen LogP contribution in [0, 0.1) is 0 Å². The van der Waals surface area contributed by atoms with E-state index < -0.39 is 0 Å². The zero-order valence-electron chi connectivity index (χ0n) is 11.5. The molecule has 0 unspecified atom stereocenters. The first-order valence-corrected chi connectivity index (χ1v) is 7.10. The molecule has 4 nitrogen and oxygen atoms in total. The van der Waals surface area contributed by atoms with Crippen molar-refractivity contribution in [3.05, 3.63) is 29.8 Å². The van der Waals surface area contributed by atoms with Gasteiger partial charge in [-0.05, 0) is 37.1 Å². The fourth-order valence-corrected chi connectivity index (χ4v) is 2.17. The van der Waals surface area contributed by atoms with Crippen molar-refractivity contribution in [2.45, 2.75) is 19.4 Å². The van der Waals surface area contributed by atoms with Crippen molar-refractivity contribution < 1.29 is 9.47 Å². The van der Waals surface area contributed by atoms with E-state index in [-0.39, 0.29) is 0 Å². The van der Waals surface area contributed by atoms with Crippen molar-refractivity contribution >= 4 is 0 Å². The molecule has 0 saturated carbocycles. The minimum atomic E-state index is 0.583. The van der Waals surface area contributed by atoms with E-state index >= 15 is 0 Å². The van der Waals surface area contributed by atoms with Crippen LogP contribution in [0.4, 0.5) is 0 Å². The number of unbranched alkanes of at least 4 members (excludes halogenated alkanes) is 1. The highest BCUT2D eigenvalue weighted by molar-refractivity contribution is 5.26. The molecule has 1 aromatic carbocycles. The second kappa shape index (κ2) is 8.15. The summed E-state index contributed by atoms with van der Waals surface area (Å²) in [6, 6.07) is 8.01. The molecule has 0 bridgehead atoms. The highest BCUT2D eigenvalue weighted by atomic mass is 16.5. The smallest absolute Gasteiger partial charge is 0.119 e. The van der Waals surface area contributed by atoms with Crippen molar-refractivity contribution in [3.8, 4) is 5.75 Å². The van der Waals surface area contributed by atoms with Crippen LogP contribution in [0.2, 0.25) is 0 Å². The maximum Gasteiger partial charge on any atom is 0.119 e. The van der Waals surface area contributed by atoms with Crippen molar-refractivity contribution in [1.29, 1.82) is 0 Å². The Kier molecular flexibility index (Phi) is 6.14. The molecule has 1 aliphatic heterocycles. The van der Waals surface area contributed by atoms with E-state index in [1.54, 1.807) is 0 Å². The molecule has 1 heterocycles. The quantitative estimate of drug-likeness (QED) is 0.761. The van der Waals surface area contributed by atoms with E-state index in [1.165, 1.54) is 6.42 Å². The maximum absolute atomic E-state index is 5.71. The molecular weight excluding hydrogens is 240 g/mol. The molecule has 0 spiro atoms. The number of hydrogen-bond acceptors (Lipinski definition) is 4.